The Morgan fingerprint density at radius 2 is 1.86 bits per heavy atom. The Labute approximate surface area is 246 Å². The van der Waals surface area contributed by atoms with Gasteiger partial charge in [0, 0.05) is 30.8 Å². The van der Waals surface area contributed by atoms with Crippen molar-refractivity contribution in [3.8, 4) is 22.9 Å². The van der Waals surface area contributed by atoms with Gasteiger partial charge in [0.1, 0.15) is 12.4 Å². The average molecular weight is 571 g/mol. The van der Waals surface area contributed by atoms with Crippen LogP contribution in [0.3, 0.4) is 0 Å². The highest BCUT2D eigenvalue weighted by Crippen LogP contribution is 2.30. The van der Waals surface area contributed by atoms with E-state index in [2.05, 4.69) is 5.10 Å². The molecule has 1 aliphatic rings. The van der Waals surface area contributed by atoms with Crippen molar-refractivity contribution in [3.63, 3.8) is 0 Å². The number of hydrogen-bond donors (Lipinski definition) is 0. The number of carbonyl (C=O) groups is 2. The molecule has 0 saturated carbocycles. The summed E-state index contributed by atoms with van der Waals surface area (Å²) >= 11 is 0. The van der Waals surface area contributed by atoms with Crippen molar-refractivity contribution in [2.75, 3.05) is 20.3 Å². The molecule has 220 valence electrons. The van der Waals surface area contributed by atoms with Crippen molar-refractivity contribution in [2.45, 2.75) is 66.1 Å². The summed E-state index contributed by atoms with van der Waals surface area (Å²) in [6.45, 7) is 9.01. The largest absolute Gasteiger partial charge is 0.493 e. The van der Waals surface area contributed by atoms with E-state index in [0.717, 1.165) is 29.7 Å². The number of rotatable bonds is 6. The lowest BCUT2D eigenvalue weighted by Gasteiger charge is -2.29. The van der Waals surface area contributed by atoms with Gasteiger partial charge in [0.2, 0.25) is 5.91 Å². The summed E-state index contributed by atoms with van der Waals surface area (Å²) in [5.41, 5.74) is 4.12. The monoisotopic (exact) mass is 570 g/mol. The van der Waals surface area contributed by atoms with Gasteiger partial charge in [-0.05, 0) is 58.2 Å². The maximum absolute atomic E-state index is 13.9. The minimum absolute atomic E-state index is 0.00298. The Morgan fingerprint density at radius 1 is 1.07 bits per heavy atom. The lowest BCUT2D eigenvalue weighted by atomic mass is 10.1. The number of carbonyl (C=O) groups excluding carboxylic acids is 2. The lowest BCUT2D eigenvalue weighted by Crippen LogP contribution is -2.37. The van der Waals surface area contributed by atoms with Crippen LogP contribution < -0.4 is 9.47 Å². The van der Waals surface area contributed by atoms with Crippen LogP contribution in [0.5, 0.6) is 11.5 Å². The molecule has 0 unspecified atom stereocenters. The molecule has 1 atom stereocenters. The topological polar surface area (TPSA) is 104 Å². The van der Waals surface area contributed by atoms with Gasteiger partial charge in [-0.2, -0.15) is 10.2 Å². The van der Waals surface area contributed by atoms with Gasteiger partial charge >= 0.3 is 0 Å². The van der Waals surface area contributed by atoms with Crippen molar-refractivity contribution in [2.24, 2.45) is 0 Å². The number of ether oxygens (including phenoxy) is 2. The Balaban J connectivity index is 1.46. The van der Waals surface area contributed by atoms with Crippen LogP contribution in [-0.2, 0) is 24.3 Å². The quantitative estimate of drug-likeness (QED) is 0.301. The van der Waals surface area contributed by atoms with Gasteiger partial charge in [-0.25, -0.2) is 9.67 Å². The number of hydrogen-bond acceptors (Lipinski definition) is 7. The zero-order valence-corrected chi connectivity index (χ0v) is 25.0. The number of methoxy groups -OCH3 is 1. The number of benzene rings is 2. The van der Waals surface area contributed by atoms with Crippen LogP contribution >= 0.6 is 0 Å². The van der Waals surface area contributed by atoms with E-state index in [1.165, 1.54) is 0 Å². The molecule has 5 rings (SSSR count). The molecule has 1 aliphatic heterocycles. The molecule has 10 heteroatoms. The Kier molecular flexibility index (Phi) is 8.70. The standard InChI is InChI=1S/C32H38N6O4/c1-21-30(24(4)39)22(2)37(34-21)17-15-29(40)36-16-9-10-25-13-14-27(41-5)28(20-25)42-19-18-38-32(23(36)3)33-31(35-38)26-11-7-6-8-12-26/h6-8,11-14,20,23H,9-10,15-19H2,1-5H3/t23-/m1/s1. The van der Waals surface area contributed by atoms with Crippen LogP contribution in [0.25, 0.3) is 11.4 Å². The molecular formula is C32H38N6O4. The van der Waals surface area contributed by atoms with E-state index in [4.69, 9.17) is 19.6 Å². The highest BCUT2D eigenvalue weighted by Gasteiger charge is 2.27. The fourth-order valence-electron chi connectivity index (χ4n) is 5.67. The summed E-state index contributed by atoms with van der Waals surface area (Å²) in [6, 6.07) is 15.5. The van der Waals surface area contributed by atoms with Crippen LogP contribution in [0.4, 0.5) is 0 Å². The fourth-order valence-corrected chi connectivity index (χ4v) is 5.67. The van der Waals surface area contributed by atoms with Gasteiger partial charge in [0.15, 0.2) is 23.1 Å². The van der Waals surface area contributed by atoms with E-state index >= 15 is 0 Å². The van der Waals surface area contributed by atoms with Crippen LogP contribution in [0.1, 0.15) is 65.9 Å². The zero-order chi connectivity index (χ0) is 29.8. The first-order valence-corrected chi connectivity index (χ1v) is 14.4. The van der Waals surface area contributed by atoms with E-state index in [1.54, 1.807) is 18.7 Å². The number of fused-ring (bicyclic) bond motifs is 3. The van der Waals surface area contributed by atoms with E-state index < -0.39 is 0 Å². The van der Waals surface area contributed by atoms with Crippen LogP contribution in [0.15, 0.2) is 48.5 Å². The molecule has 4 aromatic rings. The minimum atomic E-state index is -0.325. The fraction of sp³-hybridized carbons (Fsp3) is 0.406. The molecule has 0 N–H and O–H groups in total. The van der Waals surface area contributed by atoms with Gasteiger partial charge in [-0.3, -0.25) is 14.3 Å². The maximum atomic E-state index is 13.9. The summed E-state index contributed by atoms with van der Waals surface area (Å²) < 4.78 is 15.3. The summed E-state index contributed by atoms with van der Waals surface area (Å²) in [6.07, 6.45) is 1.78. The second-order valence-corrected chi connectivity index (χ2v) is 10.7. The second kappa shape index (κ2) is 12.6. The summed E-state index contributed by atoms with van der Waals surface area (Å²) in [7, 11) is 1.63. The number of aryl methyl sites for hydroxylation is 3. The summed E-state index contributed by atoms with van der Waals surface area (Å²) in [5, 5.41) is 9.37. The first-order valence-electron chi connectivity index (χ1n) is 14.4. The third-order valence-corrected chi connectivity index (χ3v) is 7.82. The first kappa shape index (κ1) is 29.0. The molecular weight excluding hydrogens is 532 g/mol. The molecule has 0 spiro atoms. The predicted octanol–water partition coefficient (Wildman–Crippen LogP) is 4.97. The van der Waals surface area contributed by atoms with Gasteiger partial charge in [0.05, 0.1) is 31.0 Å². The third kappa shape index (κ3) is 6.07. The number of ketones is 1. The maximum Gasteiger partial charge on any atom is 0.225 e. The molecule has 3 heterocycles. The molecule has 0 aliphatic carbocycles. The van der Waals surface area contributed by atoms with Crippen LogP contribution in [0.2, 0.25) is 0 Å². The molecule has 2 bridgehead atoms. The van der Waals surface area contributed by atoms with Crippen molar-refractivity contribution in [1.82, 2.24) is 29.4 Å². The SMILES string of the molecule is COc1ccc2cc1OCCn1nc(-c3ccccc3)nc1[C@@H](C)N(C(=O)CCn1nc(C)c(C(C)=O)c1C)CCC2. The normalized spacial score (nSPS) is 15.5. The van der Waals surface area contributed by atoms with Crippen molar-refractivity contribution < 1.29 is 19.1 Å². The molecule has 0 saturated heterocycles. The van der Waals surface area contributed by atoms with Gasteiger partial charge < -0.3 is 14.4 Å². The second-order valence-electron chi connectivity index (χ2n) is 10.7. The van der Waals surface area contributed by atoms with Gasteiger partial charge in [-0.15, -0.1) is 0 Å². The predicted molar refractivity (Wildman–Crippen MR) is 159 cm³/mol. The van der Waals surface area contributed by atoms with E-state index in [0.29, 0.717) is 60.6 Å². The highest BCUT2D eigenvalue weighted by atomic mass is 16.5. The van der Waals surface area contributed by atoms with Crippen LogP contribution in [-0.4, -0.2) is 61.4 Å². The molecule has 0 radical (unpaired) electrons. The van der Waals surface area contributed by atoms with Crippen molar-refractivity contribution >= 4 is 11.7 Å². The van der Waals surface area contributed by atoms with Crippen molar-refractivity contribution in [1.29, 1.82) is 0 Å². The molecule has 2 aromatic heterocycles. The highest BCUT2D eigenvalue weighted by molar-refractivity contribution is 5.96. The smallest absolute Gasteiger partial charge is 0.225 e. The number of aromatic nitrogens is 5. The Bertz CT molecular complexity index is 1580. The van der Waals surface area contributed by atoms with Crippen molar-refractivity contribution in [3.05, 3.63) is 76.9 Å². The Morgan fingerprint density at radius 3 is 2.57 bits per heavy atom. The molecule has 0 fully saturated rings. The number of nitrogens with zero attached hydrogens (tertiary/aromatic N) is 6. The average Bonchev–Trinajstić information content (AvgIpc) is 3.53. The van der Waals surface area contributed by atoms with Gasteiger partial charge in [0.25, 0.3) is 0 Å². The number of amides is 1. The molecule has 10 nitrogen and oxygen atoms in total. The Hall–Kier alpha value is -4.47. The lowest BCUT2D eigenvalue weighted by molar-refractivity contribution is -0.134. The molecule has 1 amide bonds. The van der Waals surface area contributed by atoms with E-state index in [-0.39, 0.29) is 24.2 Å². The summed E-state index contributed by atoms with van der Waals surface area (Å²) in [4.78, 5) is 32.8. The molecule has 42 heavy (non-hydrogen) atoms. The third-order valence-electron chi connectivity index (χ3n) is 7.82. The van der Waals surface area contributed by atoms with E-state index in [9.17, 15) is 9.59 Å². The molecule has 2 aromatic carbocycles. The number of Topliss-reactive ketones (excluding diaryl/α,β-unsaturated/α-hetero) is 1. The minimum Gasteiger partial charge on any atom is -0.493 e. The zero-order valence-electron chi connectivity index (χ0n) is 25.0. The van der Waals surface area contributed by atoms with Crippen LogP contribution in [0, 0.1) is 13.8 Å². The van der Waals surface area contributed by atoms with Gasteiger partial charge in [-0.1, -0.05) is 36.4 Å². The van der Waals surface area contributed by atoms with E-state index in [1.807, 2.05) is 78.9 Å². The summed E-state index contributed by atoms with van der Waals surface area (Å²) in [5.74, 6) is 2.66. The first-order chi connectivity index (χ1) is 20.3.